The predicted octanol–water partition coefficient (Wildman–Crippen LogP) is 15.7. The van der Waals surface area contributed by atoms with E-state index in [4.69, 9.17) is 18.5 Å². The number of phosphoric ester groups is 1. The van der Waals surface area contributed by atoms with Gasteiger partial charge in [0.25, 0.3) is 0 Å². The quantitative estimate of drug-likeness (QED) is 0.0214. The molecule has 9 heteroatoms. The van der Waals surface area contributed by atoms with Gasteiger partial charge in [-0.3, -0.25) is 13.8 Å². The van der Waals surface area contributed by atoms with Crippen molar-refractivity contribution >= 4 is 13.8 Å². The highest BCUT2D eigenvalue weighted by molar-refractivity contribution is 7.47. The van der Waals surface area contributed by atoms with E-state index in [0.29, 0.717) is 30.5 Å². The van der Waals surface area contributed by atoms with Crippen LogP contribution in [0.15, 0.2) is 60.8 Å². The third kappa shape index (κ3) is 49.2. The number of hydrogen-bond acceptors (Lipinski definition) is 6. The highest BCUT2D eigenvalue weighted by Crippen LogP contribution is 2.43. The Morgan fingerprint density at radius 1 is 0.516 bits per heavy atom. The van der Waals surface area contributed by atoms with Crippen molar-refractivity contribution in [3.63, 3.8) is 0 Å². The second-order valence-corrected chi connectivity index (χ2v) is 19.6. The first-order chi connectivity index (χ1) is 30.1. The number of hydrogen-bond donors (Lipinski definition) is 1. The summed E-state index contributed by atoms with van der Waals surface area (Å²) in [6.45, 7) is 5.30. The molecular weight excluding hydrogens is 794 g/mol. The molecule has 0 saturated heterocycles. The zero-order valence-electron chi connectivity index (χ0n) is 41.1. The van der Waals surface area contributed by atoms with Crippen LogP contribution in [0.5, 0.6) is 0 Å². The number of phosphoric acid groups is 1. The van der Waals surface area contributed by atoms with E-state index in [1.54, 1.807) is 0 Å². The van der Waals surface area contributed by atoms with Crippen molar-refractivity contribution in [3.8, 4) is 0 Å². The van der Waals surface area contributed by atoms with Crippen LogP contribution in [-0.2, 0) is 27.9 Å². The molecule has 0 aliphatic carbocycles. The maximum absolute atomic E-state index is 12.8. The van der Waals surface area contributed by atoms with Gasteiger partial charge in [-0.1, -0.05) is 222 Å². The van der Waals surface area contributed by atoms with Crippen LogP contribution in [0.2, 0.25) is 0 Å². The molecule has 62 heavy (non-hydrogen) atoms. The summed E-state index contributed by atoms with van der Waals surface area (Å²) >= 11 is 0. The van der Waals surface area contributed by atoms with Crippen molar-refractivity contribution in [2.45, 2.75) is 219 Å². The van der Waals surface area contributed by atoms with Gasteiger partial charge in [0.15, 0.2) is 0 Å². The second kappa shape index (κ2) is 45.8. The van der Waals surface area contributed by atoms with Crippen LogP contribution >= 0.6 is 7.82 Å². The fraction of sp³-hybridized carbons (Fsp3) is 0.792. The summed E-state index contributed by atoms with van der Waals surface area (Å²) < 4.78 is 35.0. The molecule has 2 unspecified atom stereocenters. The highest BCUT2D eigenvalue weighted by Gasteiger charge is 2.26. The topological polar surface area (TPSA) is 91.3 Å². The first-order valence-electron chi connectivity index (χ1n) is 25.5. The molecule has 0 bridgehead atoms. The lowest BCUT2D eigenvalue weighted by molar-refractivity contribution is -0.870. The summed E-state index contributed by atoms with van der Waals surface area (Å²) in [7, 11) is 1.62. The molecule has 0 aliphatic rings. The number of allylic oxidation sites excluding steroid dienone is 9. The molecule has 0 fully saturated rings. The van der Waals surface area contributed by atoms with Crippen molar-refractivity contribution in [2.75, 3.05) is 54.1 Å². The summed E-state index contributed by atoms with van der Waals surface area (Å²) in [5.41, 5.74) is 0. The minimum atomic E-state index is -4.30. The summed E-state index contributed by atoms with van der Waals surface area (Å²) in [5.74, 6) is -0.336. The maximum Gasteiger partial charge on any atom is 0.472 e. The van der Waals surface area contributed by atoms with E-state index in [2.05, 4.69) is 74.6 Å². The van der Waals surface area contributed by atoms with Crippen LogP contribution in [0.25, 0.3) is 0 Å². The van der Waals surface area contributed by atoms with Crippen molar-refractivity contribution in [2.24, 2.45) is 0 Å². The van der Waals surface area contributed by atoms with E-state index in [-0.39, 0.29) is 25.8 Å². The van der Waals surface area contributed by atoms with Crippen LogP contribution in [0.4, 0.5) is 0 Å². The summed E-state index contributed by atoms with van der Waals surface area (Å²) in [6, 6.07) is 0. The van der Waals surface area contributed by atoms with Crippen LogP contribution in [0, 0.1) is 0 Å². The van der Waals surface area contributed by atoms with Gasteiger partial charge in [0, 0.05) is 6.42 Å². The van der Waals surface area contributed by atoms with Gasteiger partial charge in [0.05, 0.1) is 41.0 Å². The zero-order valence-corrected chi connectivity index (χ0v) is 42.0. The Morgan fingerprint density at radius 2 is 0.903 bits per heavy atom. The van der Waals surface area contributed by atoms with Gasteiger partial charge in [0.1, 0.15) is 19.3 Å². The Bertz CT molecular complexity index is 1170. The number of carbonyl (C=O) groups excluding carboxylic acids is 1. The zero-order chi connectivity index (χ0) is 45.5. The Morgan fingerprint density at radius 3 is 1.31 bits per heavy atom. The molecule has 0 aliphatic heterocycles. The fourth-order valence-electron chi connectivity index (χ4n) is 6.97. The van der Waals surface area contributed by atoms with Crippen molar-refractivity contribution < 1.29 is 37.3 Å². The van der Waals surface area contributed by atoms with Crippen molar-refractivity contribution in [3.05, 3.63) is 60.8 Å². The molecule has 0 saturated carbocycles. The first kappa shape index (κ1) is 60.2. The Hall–Kier alpha value is -1.80. The van der Waals surface area contributed by atoms with Gasteiger partial charge in [-0.25, -0.2) is 4.57 Å². The number of quaternary nitrogens is 1. The highest BCUT2D eigenvalue weighted by atomic mass is 31.2. The lowest BCUT2D eigenvalue weighted by atomic mass is 10.0. The molecule has 8 nitrogen and oxygen atoms in total. The molecule has 0 aromatic rings. The van der Waals surface area contributed by atoms with Crippen LogP contribution < -0.4 is 0 Å². The average Bonchev–Trinajstić information content (AvgIpc) is 3.23. The predicted molar refractivity (Wildman–Crippen MR) is 266 cm³/mol. The van der Waals surface area contributed by atoms with Gasteiger partial charge in [-0.15, -0.1) is 0 Å². The van der Waals surface area contributed by atoms with Gasteiger partial charge >= 0.3 is 13.8 Å². The summed E-state index contributed by atoms with van der Waals surface area (Å²) in [5, 5.41) is 0. The van der Waals surface area contributed by atoms with E-state index in [9.17, 15) is 14.3 Å². The van der Waals surface area contributed by atoms with Crippen LogP contribution in [-0.4, -0.2) is 75.6 Å². The minimum absolute atomic E-state index is 0.0744. The number of ether oxygens (including phenoxy) is 2. The van der Waals surface area contributed by atoms with Gasteiger partial charge < -0.3 is 18.9 Å². The number of carbonyl (C=O) groups is 1. The smallest absolute Gasteiger partial charge is 0.457 e. The van der Waals surface area contributed by atoms with Gasteiger partial charge in [-0.2, -0.15) is 0 Å². The summed E-state index contributed by atoms with van der Waals surface area (Å²) in [6.07, 6.45) is 58.8. The lowest BCUT2D eigenvalue weighted by Crippen LogP contribution is -2.37. The van der Waals surface area contributed by atoms with E-state index in [0.717, 1.165) is 51.4 Å². The molecule has 362 valence electrons. The Labute approximate surface area is 383 Å². The van der Waals surface area contributed by atoms with Gasteiger partial charge in [0.2, 0.25) is 0 Å². The largest absolute Gasteiger partial charge is 0.472 e. The minimum Gasteiger partial charge on any atom is -0.457 e. The lowest BCUT2D eigenvalue weighted by Gasteiger charge is -2.24. The second-order valence-electron chi connectivity index (χ2n) is 18.2. The monoisotopic (exact) mass is 893 g/mol. The van der Waals surface area contributed by atoms with E-state index < -0.39 is 13.9 Å². The normalized spacial score (nSPS) is 14.1. The standard InChI is InChI=1S/C53H98NO7P/c1-6-8-10-12-14-16-18-20-22-24-25-26-27-28-29-30-31-32-34-36-38-40-42-44-46-53(55)61-52(51-60-62(56,57)59-49-47-54(3,4)5)50-58-48-45-43-41-39-37-35-33-23-21-19-17-15-13-11-9-7-2/h9,11,15,17,21,23,35,37,41,43,52H,6-8,10,12-14,16,18-20,22,24-34,36,38-40,42,44-51H2,1-5H3/p+1/b11-9-,17-15-,23-21-,37-35-,43-41-. The maximum atomic E-state index is 12.8. The molecule has 0 amide bonds. The van der Waals surface area contributed by atoms with Crippen LogP contribution in [0.1, 0.15) is 213 Å². The van der Waals surface area contributed by atoms with E-state index in [1.165, 1.54) is 135 Å². The van der Waals surface area contributed by atoms with Gasteiger partial charge in [-0.05, 0) is 44.9 Å². The third-order valence-corrected chi connectivity index (χ3v) is 11.8. The number of rotatable bonds is 47. The third-order valence-electron chi connectivity index (χ3n) is 10.9. The van der Waals surface area contributed by atoms with Crippen molar-refractivity contribution in [1.29, 1.82) is 0 Å². The molecule has 0 radical (unpaired) electrons. The molecule has 0 spiro atoms. The first-order valence-corrected chi connectivity index (χ1v) is 27.0. The number of esters is 1. The number of nitrogens with zero attached hydrogens (tertiary/aromatic N) is 1. The van der Waals surface area contributed by atoms with E-state index >= 15 is 0 Å². The molecule has 1 N–H and O–H groups in total. The number of likely N-dealkylation sites (N-methyl/N-ethyl adjacent to an activating group) is 1. The number of unbranched alkanes of at least 4 members (excludes halogenated alkanes) is 23. The fourth-order valence-corrected chi connectivity index (χ4v) is 7.71. The van der Waals surface area contributed by atoms with E-state index in [1.807, 2.05) is 21.1 Å². The Balaban J connectivity index is 4.16. The molecule has 0 heterocycles. The SMILES string of the molecule is CC/C=C\C/C=C\C/C=C\C/C=C\C/C=C\CCOCC(COP(=O)(O)OCC[N+](C)(C)C)OC(=O)CCCCCCCCCCCCCCCCCCCCCCCCCC. The molecule has 0 rings (SSSR count). The molecule has 0 aromatic heterocycles. The summed E-state index contributed by atoms with van der Waals surface area (Å²) in [4.78, 5) is 23.0. The van der Waals surface area contributed by atoms with Crippen LogP contribution in [0.3, 0.4) is 0 Å². The Kier molecular flexibility index (Phi) is 44.4. The van der Waals surface area contributed by atoms with Crippen molar-refractivity contribution in [1.82, 2.24) is 0 Å². The molecular formula is C53H99NO7P+. The average molecular weight is 893 g/mol. The molecule has 0 aromatic carbocycles. The molecule has 2 atom stereocenters.